The molecule has 149 valence electrons. The van der Waals surface area contributed by atoms with Crippen molar-refractivity contribution >= 4 is 37.9 Å². The van der Waals surface area contributed by atoms with E-state index in [0.717, 1.165) is 22.8 Å². The largest absolute Gasteiger partial charge is 0.494 e. The summed E-state index contributed by atoms with van der Waals surface area (Å²) in [5.74, 6) is -0.245. The summed E-state index contributed by atoms with van der Waals surface area (Å²) < 4.78 is 17.6. The number of benzene rings is 1. The second-order valence-corrected chi connectivity index (χ2v) is 9.33. The molecule has 28 heavy (non-hydrogen) atoms. The number of rotatable bonds is 5. The van der Waals surface area contributed by atoms with Gasteiger partial charge in [-0.3, -0.25) is 4.79 Å². The highest BCUT2D eigenvalue weighted by Crippen LogP contribution is 2.37. The van der Waals surface area contributed by atoms with Crippen LogP contribution in [0.5, 0.6) is 0 Å². The Morgan fingerprint density at radius 2 is 1.79 bits per heavy atom. The van der Waals surface area contributed by atoms with E-state index in [4.69, 9.17) is 14.0 Å². The van der Waals surface area contributed by atoms with E-state index in [-0.39, 0.29) is 38.1 Å². The molecular weight excluding hydrogens is 352 g/mol. The predicted molar refractivity (Wildman–Crippen MR) is 114 cm³/mol. The first kappa shape index (κ1) is 22.6. The lowest BCUT2D eigenvalue weighted by atomic mass is 9.78. The fourth-order valence-corrected chi connectivity index (χ4v) is 3.33. The highest BCUT2D eigenvalue weighted by atomic mass is 16.7. The summed E-state index contributed by atoms with van der Waals surface area (Å²) in [7, 11) is -0.379. The average molecular weight is 382 g/mol. The van der Waals surface area contributed by atoms with E-state index in [2.05, 4.69) is 64.7 Å². The molecule has 3 radical (unpaired) electrons. The molecule has 5 nitrogen and oxygen atoms in total. The number of carbonyl (C=O) groups excluding carboxylic acids is 1. The van der Waals surface area contributed by atoms with Gasteiger partial charge in [-0.2, -0.15) is 0 Å². The van der Waals surface area contributed by atoms with E-state index in [1.807, 2.05) is 6.20 Å². The molecule has 3 rings (SSSR count). The Morgan fingerprint density at radius 3 is 2.36 bits per heavy atom. The summed E-state index contributed by atoms with van der Waals surface area (Å²) in [4.78, 5) is 14.5. The maximum Gasteiger partial charge on any atom is 0.494 e. The molecule has 1 aliphatic rings. The molecule has 0 bridgehead atoms. The molecule has 2 heterocycles. The fraction of sp³-hybridized carbons (Fsp3) is 0.571. The minimum atomic E-state index is -0.379. The van der Waals surface area contributed by atoms with Crippen molar-refractivity contribution in [2.75, 3.05) is 6.61 Å². The second-order valence-electron chi connectivity index (χ2n) is 9.33. The Balaban J connectivity index is 0.00000280. The first-order valence-electron chi connectivity index (χ1n) is 9.49. The SMILES string of the molecule is CC(=O)OCC(C)(C)Cc1c[nH]c2ccc(B3OC(C)(C)C(C)(C)O3)cc12.[B]. The van der Waals surface area contributed by atoms with Gasteiger partial charge in [-0.15, -0.1) is 0 Å². The summed E-state index contributed by atoms with van der Waals surface area (Å²) >= 11 is 0. The quantitative estimate of drug-likeness (QED) is 0.638. The maximum absolute atomic E-state index is 11.1. The van der Waals surface area contributed by atoms with Crippen LogP contribution in [0.2, 0.25) is 0 Å². The van der Waals surface area contributed by atoms with Crippen LogP contribution in [0.15, 0.2) is 24.4 Å². The molecule has 1 aromatic carbocycles. The average Bonchev–Trinajstić information content (AvgIpc) is 3.03. The minimum Gasteiger partial charge on any atom is -0.465 e. The number of H-pyrrole nitrogens is 1. The lowest BCUT2D eigenvalue weighted by Gasteiger charge is -2.32. The topological polar surface area (TPSA) is 60.6 Å². The van der Waals surface area contributed by atoms with Crippen molar-refractivity contribution in [1.29, 1.82) is 0 Å². The number of hydrogen-bond acceptors (Lipinski definition) is 4. The van der Waals surface area contributed by atoms with Gasteiger partial charge in [-0.1, -0.05) is 26.0 Å². The van der Waals surface area contributed by atoms with Crippen LogP contribution in [0.25, 0.3) is 10.9 Å². The van der Waals surface area contributed by atoms with Gasteiger partial charge in [0, 0.05) is 37.9 Å². The monoisotopic (exact) mass is 382 g/mol. The molecule has 1 aliphatic heterocycles. The summed E-state index contributed by atoms with van der Waals surface area (Å²) in [6.45, 7) is 14.3. The van der Waals surface area contributed by atoms with Gasteiger partial charge in [0.15, 0.2) is 0 Å². The summed E-state index contributed by atoms with van der Waals surface area (Å²) in [5, 5.41) is 1.15. The van der Waals surface area contributed by atoms with Crippen molar-refractivity contribution in [3.8, 4) is 0 Å². The van der Waals surface area contributed by atoms with Crippen LogP contribution < -0.4 is 5.46 Å². The lowest BCUT2D eigenvalue weighted by molar-refractivity contribution is -0.143. The van der Waals surface area contributed by atoms with Crippen molar-refractivity contribution in [1.82, 2.24) is 4.98 Å². The van der Waals surface area contributed by atoms with Gasteiger partial charge in [0.1, 0.15) is 0 Å². The van der Waals surface area contributed by atoms with Crippen LogP contribution >= 0.6 is 0 Å². The predicted octanol–water partition coefficient (Wildman–Crippen LogP) is 3.22. The number of carbonyl (C=O) groups is 1. The number of fused-ring (bicyclic) bond motifs is 1. The molecule has 2 aromatic rings. The molecule has 0 aliphatic carbocycles. The van der Waals surface area contributed by atoms with E-state index in [1.165, 1.54) is 12.5 Å². The van der Waals surface area contributed by atoms with E-state index in [0.29, 0.717) is 6.61 Å². The molecule has 1 aromatic heterocycles. The number of hydrogen-bond donors (Lipinski definition) is 1. The Kier molecular flexibility index (Phi) is 6.13. The van der Waals surface area contributed by atoms with E-state index < -0.39 is 0 Å². The number of aromatic amines is 1. The molecule has 0 atom stereocenters. The van der Waals surface area contributed by atoms with Crippen molar-refractivity contribution in [2.24, 2.45) is 5.41 Å². The third-order valence-corrected chi connectivity index (χ3v) is 5.65. The zero-order valence-corrected chi connectivity index (χ0v) is 18.0. The molecule has 1 saturated heterocycles. The van der Waals surface area contributed by atoms with E-state index in [9.17, 15) is 4.79 Å². The molecule has 7 heteroatoms. The number of nitrogens with one attached hydrogen (secondary N) is 1. The van der Waals surface area contributed by atoms with Gasteiger partial charge >= 0.3 is 13.1 Å². The van der Waals surface area contributed by atoms with Gasteiger partial charge in [-0.05, 0) is 51.2 Å². The molecule has 1 N–H and O–H groups in total. The van der Waals surface area contributed by atoms with Crippen LogP contribution in [0, 0.1) is 5.41 Å². The van der Waals surface area contributed by atoms with Gasteiger partial charge in [0.05, 0.1) is 17.8 Å². The smallest absolute Gasteiger partial charge is 0.465 e. The minimum absolute atomic E-state index is 0. The third kappa shape index (κ3) is 4.47. The zero-order chi connectivity index (χ0) is 20.0. The zero-order valence-electron chi connectivity index (χ0n) is 18.0. The van der Waals surface area contributed by atoms with Gasteiger partial charge in [-0.25, -0.2) is 0 Å². The van der Waals surface area contributed by atoms with Crippen LogP contribution in [-0.2, 0) is 25.3 Å². The number of aromatic nitrogens is 1. The summed E-state index contributed by atoms with van der Waals surface area (Å²) in [5.41, 5.74) is 2.41. The molecular formula is C21H30B2NO4. The van der Waals surface area contributed by atoms with Gasteiger partial charge in [0.2, 0.25) is 0 Å². The van der Waals surface area contributed by atoms with Crippen molar-refractivity contribution in [2.45, 2.75) is 66.1 Å². The normalized spacial score (nSPS) is 18.2. The Morgan fingerprint density at radius 1 is 1.18 bits per heavy atom. The fourth-order valence-electron chi connectivity index (χ4n) is 3.33. The van der Waals surface area contributed by atoms with Gasteiger partial charge < -0.3 is 19.0 Å². The molecule has 0 saturated carbocycles. The van der Waals surface area contributed by atoms with Gasteiger partial charge in [0.25, 0.3) is 0 Å². The Bertz CT molecular complexity index is 841. The Labute approximate surface area is 170 Å². The maximum atomic E-state index is 11.1. The highest BCUT2D eigenvalue weighted by molar-refractivity contribution is 6.62. The number of esters is 1. The molecule has 1 fully saturated rings. The standard InChI is InChI=1S/C21H30BNO4.B/c1-14(24)25-13-19(2,3)11-15-12-23-18-9-8-16(10-17(15)18)22-26-20(4,5)21(6,7)27-22;/h8-10,12,23H,11,13H2,1-7H3;. The van der Waals surface area contributed by atoms with Crippen LogP contribution in [0.4, 0.5) is 0 Å². The summed E-state index contributed by atoms with van der Waals surface area (Å²) in [6, 6.07) is 6.26. The first-order chi connectivity index (χ1) is 12.4. The van der Waals surface area contributed by atoms with Crippen LogP contribution in [0.3, 0.4) is 0 Å². The first-order valence-corrected chi connectivity index (χ1v) is 9.49. The summed E-state index contributed by atoms with van der Waals surface area (Å²) in [6.07, 6.45) is 2.83. The lowest BCUT2D eigenvalue weighted by Crippen LogP contribution is -2.41. The second kappa shape index (κ2) is 7.60. The highest BCUT2D eigenvalue weighted by Gasteiger charge is 2.51. The third-order valence-electron chi connectivity index (χ3n) is 5.65. The molecule has 0 spiro atoms. The van der Waals surface area contributed by atoms with E-state index in [1.54, 1.807) is 0 Å². The molecule has 0 unspecified atom stereocenters. The van der Waals surface area contributed by atoms with Crippen LogP contribution in [-0.4, -0.2) is 44.3 Å². The van der Waals surface area contributed by atoms with Crippen molar-refractivity contribution < 1.29 is 18.8 Å². The van der Waals surface area contributed by atoms with Crippen LogP contribution in [0.1, 0.15) is 54.0 Å². The van der Waals surface area contributed by atoms with E-state index >= 15 is 0 Å². The van der Waals surface area contributed by atoms with Crippen molar-refractivity contribution in [3.63, 3.8) is 0 Å². The van der Waals surface area contributed by atoms with Crippen molar-refractivity contribution in [3.05, 3.63) is 30.0 Å². The Hall–Kier alpha value is -1.72. The number of ether oxygens (including phenoxy) is 1. The molecule has 0 amide bonds.